The average molecular weight is 422 g/mol. The van der Waals surface area contributed by atoms with Gasteiger partial charge in [0.05, 0.1) is 23.4 Å². The van der Waals surface area contributed by atoms with E-state index in [0.717, 1.165) is 40.9 Å². The van der Waals surface area contributed by atoms with Crippen LogP contribution in [0.3, 0.4) is 0 Å². The highest BCUT2D eigenvalue weighted by Crippen LogP contribution is 2.28. The summed E-state index contributed by atoms with van der Waals surface area (Å²) in [5.41, 5.74) is 2.05. The molecule has 1 aromatic heterocycles. The summed E-state index contributed by atoms with van der Waals surface area (Å²) < 4.78 is 0. The summed E-state index contributed by atoms with van der Waals surface area (Å²) in [5.74, 6) is 0.444. The monoisotopic (exact) mass is 421 g/mol. The summed E-state index contributed by atoms with van der Waals surface area (Å²) >= 11 is 1.53. The second-order valence-corrected chi connectivity index (χ2v) is 8.77. The third-order valence-electron chi connectivity index (χ3n) is 5.67. The number of thioether (sulfide) groups is 1. The maximum atomic E-state index is 13.1. The molecule has 30 heavy (non-hydrogen) atoms. The summed E-state index contributed by atoms with van der Waals surface area (Å²) in [5, 5.41) is 11.0. The lowest BCUT2D eigenvalue weighted by atomic mass is 10.1. The van der Waals surface area contributed by atoms with Gasteiger partial charge >= 0.3 is 0 Å². The number of pyridine rings is 1. The molecule has 1 N–H and O–H groups in total. The Bertz CT molecular complexity index is 993. The van der Waals surface area contributed by atoms with E-state index in [9.17, 15) is 9.90 Å². The standard InChI is InChI=1S/C24H27N3O2S/c1-26(21(18-7-3-2-4-8-18)16-27-14-12-20(28)15-27)23(29)17-30-22-11-5-9-19-10-6-13-25-24(19)22/h2-11,13,20-21,28H,12,14-17H2,1H3/t20-,21+/m0/s1. The van der Waals surface area contributed by atoms with Gasteiger partial charge in [0.1, 0.15) is 0 Å². The number of carbonyl (C=O) groups is 1. The summed E-state index contributed by atoms with van der Waals surface area (Å²) in [7, 11) is 1.88. The van der Waals surface area contributed by atoms with Crippen LogP contribution in [-0.2, 0) is 4.79 Å². The first-order valence-corrected chi connectivity index (χ1v) is 11.3. The van der Waals surface area contributed by atoms with Crippen LogP contribution in [-0.4, -0.2) is 64.3 Å². The molecule has 2 atom stereocenters. The molecule has 6 heteroatoms. The maximum Gasteiger partial charge on any atom is 0.233 e. The first-order chi connectivity index (χ1) is 14.6. The van der Waals surface area contributed by atoms with Crippen LogP contribution in [0.15, 0.2) is 71.8 Å². The molecule has 5 nitrogen and oxygen atoms in total. The highest BCUT2D eigenvalue weighted by atomic mass is 32.2. The number of benzene rings is 2. The van der Waals surface area contributed by atoms with E-state index in [-0.39, 0.29) is 18.1 Å². The molecule has 2 aromatic carbocycles. The van der Waals surface area contributed by atoms with Crippen LogP contribution in [0.25, 0.3) is 10.9 Å². The lowest BCUT2D eigenvalue weighted by molar-refractivity contribution is -0.129. The summed E-state index contributed by atoms with van der Waals surface area (Å²) in [6.07, 6.45) is 2.32. The van der Waals surface area contributed by atoms with Crippen molar-refractivity contribution in [3.8, 4) is 0 Å². The van der Waals surface area contributed by atoms with Crippen molar-refractivity contribution in [2.24, 2.45) is 0 Å². The number of β-amino-alcohol motifs (C(OH)–C–C–N with tert-alkyl or cyclic N) is 1. The van der Waals surface area contributed by atoms with Crippen molar-refractivity contribution in [3.63, 3.8) is 0 Å². The highest BCUT2D eigenvalue weighted by Gasteiger charge is 2.28. The average Bonchev–Trinajstić information content (AvgIpc) is 3.20. The highest BCUT2D eigenvalue weighted by molar-refractivity contribution is 8.00. The minimum atomic E-state index is -0.267. The molecule has 0 radical (unpaired) electrons. The van der Waals surface area contributed by atoms with E-state index < -0.39 is 0 Å². The Balaban J connectivity index is 1.47. The molecular formula is C24H27N3O2S. The van der Waals surface area contributed by atoms with Gasteiger partial charge in [-0.1, -0.05) is 48.5 Å². The number of likely N-dealkylation sites (N-methyl/N-ethyl adjacent to an activating group) is 1. The van der Waals surface area contributed by atoms with Crippen molar-refractivity contribution in [1.29, 1.82) is 0 Å². The Labute approximate surface area is 181 Å². The molecule has 0 saturated carbocycles. The number of likely N-dealkylation sites (tertiary alicyclic amines) is 1. The molecule has 0 bridgehead atoms. The van der Waals surface area contributed by atoms with Crippen LogP contribution >= 0.6 is 11.8 Å². The fraction of sp³-hybridized carbons (Fsp3) is 0.333. The molecule has 1 fully saturated rings. The number of fused-ring (bicyclic) bond motifs is 1. The Morgan fingerprint density at radius 2 is 2.00 bits per heavy atom. The van der Waals surface area contributed by atoms with Gasteiger partial charge in [0, 0.05) is 43.2 Å². The lowest BCUT2D eigenvalue weighted by Crippen LogP contribution is -2.39. The molecule has 1 aliphatic rings. The largest absolute Gasteiger partial charge is 0.392 e. The van der Waals surface area contributed by atoms with Crippen molar-refractivity contribution in [1.82, 2.24) is 14.8 Å². The van der Waals surface area contributed by atoms with Gasteiger partial charge in [-0.05, 0) is 24.1 Å². The van der Waals surface area contributed by atoms with Crippen LogP contribution in [0.5, 0.6) is 0 Å². The Hall–Kier alpha value is -2.41. The van der Waals surface area contributed by atoms with Gasteiger partial charge in [-0.3, -0.25) is 14.7 Å². The molecule has 1 aliphatic heterocycles. The number of nitrogens with zero attached hydrogens (tertiary/aromatic N) is 3. The fourth-order valence-electron chi connectivity index (χ4n) is 3.96. The molecule has 156 valence electrons. The quantitative estimate of drug-likeness (QED) is 0.591. The van der Waals surface area contributed by atoms with Gasteiger partial charge in [-0.2, -0.15) is 0 Å². The van der Waals surface area contributed by atoms with Gasteiger partial charge in [-0.15, -0.1) is 11.8 Å². The van der Waals surface area contributed by atoms with Crippen LogP contribution in [0.1, 0.15) is 18.0 Å². The third-order valence-corrected chi connectivity index (χ3v) is 6.70. The summed E-state index contributed by atoms with van der Waals surface area (Å²) in [6.45, 7) is 2.26. The Kier molecular flexibility index (Phi) is 6.67. The zero-order chi connectivity index (χ0) is 20.9. The van der Waals surface area contributed by atoms with E-state index in [0.29, 0.717) is 12.3 Å². The first-order valence-electron chi connectivity index (χ1n) is 10.3. The van der Waals surface area contributed by atoms with Crippen molar-refractivity contribution in [3.05, 3.63) is 72.4 Å². The van der Waals surface area contributed by atoms with Gasteiger partial charge in [0.15, 0.2) is 0 Å². The molecule has 0 spiro atoms. The fourth-order valence-corrected chi connectivity index (χ4v) is 4.92. The van der Waals surface area contributed by atoms with E-state index >= 15 is 0 Å². The van der Waals surface area contributed by atoms with E-state index in [4.69, 9.17) is 0 Å². The minimum absolute atomic E-state index is 0.0461. The normalized spacial score (nSPS) is 17.9. The smallest absolute Gasteiger partial charge is 0.233 e. The van der Waals surface area contributed by atoms with Crippen LogP contribution in [0.4, 0.5) is 0 Å². The number of amides is 1. The van der Waals surface area contributed by atoms with E-state index in [1.165, 1.54) is 11.8 Å². The van der Waals surface area contributed by atoms with E-state index in [1.807, 2.05) is 60.5 Å². The number of carbonyl (C=O) groups excluding carboxylic acids is 1. The lowest BCUT2D eigenvalue weighted by Gasteiger charge is -2.32. The topological polar surface area (TPSA) is 56.7 Å². The third kappa shape index (κ3) is 4.83. The van der Waals surface area contributed by atoms with E-state index in [2.05, 4.69) is 22.0 Å². The SMILES string of the molecule is CN(C(=O)CSc1cccc2cccnc12)[C@H](CN1CC[C@H](O)C1)c1ccccc1. The molecule has 0 unspecified atom stereocenters. The molecule has 1 amide bonds. The van der Waals surface area contributed by atoms with Crippen LogP contribution < -0.4 is 0 Å². The zero-order valence-corrected chi connectivity index (χ0v) is 18.0. The molecule has 3 aromatic rings. The van der Waals surface area contributed by atoms with Crippen molar-refractivity contribution < 1.29 is 9.90 Å². The maximum absolute atomic E-state index is 13.1. The molecular weight excluding hydrogens is 394 g/mol. The number of hydrogen-bond donors (Lipinski definition) is 1. The molecule has 0 aliphatic carbocycles. The van der Waals surface area contributed by atoms with Gasteiger partial charge in [0.25, 0.3) is 0 Å². The number of para-hydroxylation sites is 1. The van der Waals surface area contributed by atoms with E-state index in [1.54, 1.807) is 6.20 Å². The van der Waals surface area contributed by atoms with Crippen molar-refractivity contribution in [2.75, 3.05) is 32.4 Å². The minimum Gasteiger partial charge on any atom is -0.392 e. The van der Waals surface area contributed by atoms with Crippen molar-refractivity contribution >= 4 is 28.6 Å². The number of hydrogen-bond acceptors (Lipinski definition) is 5. The second-order valence-electron chi connectivity index (χ2n) is 7.75. The number of aliphatic hydroxyl groups excluding tert-OH is 1. The van der Waals surface area contributed by atoms with Gasteiger partial charge < -0.3 is 10.0 Å². The number of rotatable bonds is 7. The second kappa shape index (κ2) is 9.60. The van der Waals surface area contributed by atoms with Crippen LogP contribution in [0.2, 0.25) is 0 Å². The van der Waals surface area contributed by atoms with Crippen LogP contribution in [0, 0.1) is 0 Å². The number of aliphatic hydroxyl groups is 1. The Morgan fingerprint density at radius 1 is 1.20 bits per heavy atom. The van der Waals surface area contributed by atoms with Gasteiger partial charge in [-0.25, -0.2) is 0 Å². The zero-order valence-electron chi connectivity index (χ0n) is 17.1. The molecule has 2 heterocycles. The molecule has 1 saturated heterocycles. The Morgan fingerprint density at radius 3 is 2.77 bits per heavy atom. The van der Waals surface area contributed by atoms with Crippen molar-refractivity contribution in [2.45, 2.75) is 23.5 Å². The predicted molar refractivity (Wildman–Crippen MR) is 121 cm³/mol. The summed E-state index contributed by atoms with van der Waals surface area (Å²) in [4.78, 5) is 22.7. The number of aromatic nitrogens is 1. The first kappa shape index (κ1) is 20.8. The predicted octanol–water partition coefficient (Wildman–Crippen LogP) is 3.59. The van der Waals surface area contributed by atoms with Gasteiger partial charge in [0.2, 0.25) is 5.91 Å². The molecule has 4 rings (SSSR count). The summed E-state index contributed by atoms with van der Waals surface area (Å²) in [6, 6.07) is 20.1.